The highest BCUT2D eigenvalue weighted by molar-refractivity contribution is 6.30. The summed E-state index contributed by atoms with van der Waals surface area (Å²) in [7, 11) is 0. The molecular weight excluding hydrogens is 331 g/mol. The number of pyridine rings is 1. The average molecular weight is 343 g/mol. The number of hydrogen-bond donors (Lipinski definition) is 5. The summed E-state index contributed by atoms with van der Waals surface area (Å²) < 4.78 is 13.2. The number of benzene rings is 1. The maximum Gasteiger partial charge on any atom is 0.271 e. The minimum atomic E-state index is -1.59. The molecule has 9 heteroatoms. The summed E-state index contributed by atoms with van der Waals surface area (Å²) in [5, 5.41) is 39.3. The molecule has 1 atom stereocenters. The number of amides is 1. The van der Waals surface area contributed by atoms with E-state index in [9.17, 15) is 29.6 Å². The third-order valence-electron chi connectivity index (χ3n) is 3.22. The number of carbonyl (C=O) groups excluding carboxylic acids is 1. The molecule has 1 unspecified atom stereocenters. The number of aromatic nitrogens is 1. The number of aromatic hydroxyl groups is 2. The number of halogens is 2. The van der Waals surface area contributed by atoms with E-state index in [-0.39, 0.29) is 21.7 Å². The number of rotatable bonds is 4. The summed E-state index contributed by atoms with van der Waals surface area (Å²) in [5.74, 6) is -3.41. The van der Waals surface area contributed by atoms with Crippen molar-refractivity contribution >= 4 is 17.5 Å². The second-order valence-corrected chi connectivity index (χ2v) is 5.03. The van der Waals surface area contributed by atoms with E-state index < -0.39 is 41.8 Å². The molecule has 1 aromatic carbocycles. The Hall–Kier alpha value is -2.42. The number of aliphatic hydroxyl groups is 2. The zero-order valence-electron chi connectivity index (χ0n) is 11.5. The number of primary amides is 1. The van der Waals surface area contributed by atoms with Gasteiger partial charge in [-0.25, -0.2) is 9.37 Å². The lowest BCUT2D eigenvalue weighted by atomic mass is 9.96. The Morgan fingerprint density at radius 1 is 1.39 bits per heavy atom. The van der Waals surface area contributed by atoms with Gasteiger partial charge in [-0.15, -0.1) is 0 Å². The lowest BCUT2D eigenvalue weighted by Gasteiger charge is -2.18. The fourth-order valence-corrected chi connectivity index (χ4v) is 2.28. The van der Waals surface area contributed by atoms with E-state index in [1.54, 1.807) is 0 Å². The van der Waals surface area contributed by atoms with Crippen molar-refractivity contribution in [3.8, 4) is 11.6 Å². The molecule has 0 radical (unpaired) electrons. The number of aliphatic hydroxyl groups excluding tert-OH is 2. The van der Waals surface area contributed by atoms with E-state index in [4.69, 9.17) is 17.3 Å². The number of nitrogens with two attached hydrogens (primary N) is 1. The molecule has 0 saturated carbocycles. The van der Waals surface area contributed by atoms with Crippen molar-refractivity contribution in [1.29, 1.82) is 0 Å². The Balaban J connectivity index is 2.64. The van der Waals surface area contributed by atoms with Crippen molar-refractivity contribution in [2.75, 3.05) is 0 Å². The van der Waals surface area contributed by atoms with E-state index in [2.05, 4.69) is 4.98 Å². The van der Waals surface area contributed by atoms with Gasteiger partial charge in [0.05, 0.1) is 17.2 Å². The van der Waals surface area contributed by atoms with Gasteiger partial charge in [0.15, 0.2) is 11.4 Å². The number of carbonyl (C=O) groups is 1. The fraction of sp³-hybridized carbons (Fsp3) is 0.143. The molecule has 23 heavy (non-hydrogen) atoms. The molecule has 1 amide bonds. The van der Waals surface area contributed by atoms with Crippen LogP contribution in [0.4, 0.5) is 4.39 Å². The fourth-order valence-electron chi connectivity index (χ4n) is 2.09. The van der Waals surface area contributed by atoms with Crippen molar-refractivity contribution < 1.29 is 29.6 Å². The maximum atomic E-state index is 13.2. The minimum absolute atomic E-state index is 0.0782. The molecule has 0 saturated heterocycles. The van der Waals surface area contributed by atoms with Crippen LogP contribution in [0.25, 0.3) is 0 Å². The van der Waals surface area contributed by atoms with Gasteiger partial charge in [-0.1, -0.05) is 17.7 Å². The van der Waals surface area contributed by atoms with Gasteiger partial charge >= 0.3 is 0 Å². The normalized spacial score (nSPS) is 12.2. The molecule has 0 aliphatic rings. The Bertz CT molecular complexity index is 784. The van der Waals surface area contributed by atoms with E-state index in [1.165, 1.54) is 6.07 Å². The SMILES string of the molecule is NC(=O)c1nc(O)c(C(O)c2ccc(F)c(Cl)c2)c(CO)c1O. The van der Waals surface area contributed by atoms with Crippen LogP contribution < -0.4 is 5.73 Å². The highest BCUT2D eigenvalue weighted by Crippen LogP contribution is 2.37. The van der Waals surface area contributed by atoms with Crippen LogP contribution in [0, 0.1) is 5.82 Å². The second kappa shape index (κ2) is 6.37. The zero-order valence-corrected chi connectivity index (χ0v) is 12.3. The molecule has 0 aliphatic heterocycles. The molecule has 0 bridgehead atoms. The average Bonchev–Trinajstić information content (AvgIpc) is 2.50. The van der Waals surface area contributed by atoms with E-state index in [0.717, 1.165) is 12.1 Å². The van der Waals surface area contributed by atoms with Crippen molar-refractivity contribution in [3.63, 3.8) is 0 Å². The predicted octanol–water partition coefficient (Wildman–Crippen LogP) is 0.958. The number of hydrogen-bond acceptors (Lipinski definition) is 6. The van der Waals surface area contributed by atoms with Crippen LogP contribution in [0.15, 0.2) is 18.2 Å². The van der Waals surface area contributed by atoms with Crippen LogP contribution in [0.1, 0.15) is 33.3 Å². The van der Waals surface area contributed by atoms with Gasteiger partial charge in [0.25, 0.3) is 5.91 Å². The molecule has 122 valence electrons. The van der Waals surface area contributed by atoms with Gasteiger partial charge in [-0.05, 0) is 17.7 Å². The first-order valence-corrected chi connectivity index (χ1v) is 6.64. The lowest BCUT2D eigenvalue weighted by Crippen LogP contribution is -2.16. The Morgan fingerprint density at radius 3 is 2.57 bits per heavy atom. The summed E-state index contributed by atoms with van der Waals surface area (Å²) in [4.78, 5) is 14.6. The van der Waals surface area contributed by atoms with Gasteiger partial charge in [0.2, 0.25) is 5.88 Å². The third kappa shape index (κ3) is 3.04. The van der Waals surface area contributed by atoms with Crippen LogP contribution in [0.2, 0.25) is 5.02 Å². The topological polar surface area (TPSA) is 137 Å². The van der Waals surface area contributed by atoms with Crippen molar-refractivity contribution in [1.82, 2.24) is 4.98 Å². The second-order valence-electron chi connectivity index (χ2n) is 4.62. The Morgan fingerprint density at radius 2 is 2.04 bits per heavy atom. The van der Waals surface area contributed by atoms with Gasteiger partial charge in [0, 0.05) is 5.56 Å². The Kier molecular flexibility index (Phi) is 4.69. The molecule has 1 heterocycles. The van der Waals surface area contributed by atoms with Gasteiger partial charge in [-0.2, -0.15) is 0 Å². The van der Waals surface area contributed by atoms with Crippen LogP contribution in [0.3, 0.4) is 0 Å². The molecule has 7 nitrogen and oxygen atoms in total. The zero-order chi connectivity index (χ0) is 17.3. The van der Waals surface area contributed by atoms with Crippen LogP contribution >= 0.6 is 11.6 Å². The molecule has 0 spiro atoms. The molecule has 2 aromatic rings. The van der Waals surface area contributed by atoms with E-state index >= 15 is 0 Å². The monoisotopic (exact) mass is 342 g/mol. The highest BCUT2D eigenvalue weighted by Gasteiger charge is 2.27. The van der Waals surface area contributed by atoms with E-state index in [0.29, 0.717) is 0 Å². The molecular formula is C14H12ClFN2O5. The van der Waals surface area contributed by atoms with Gasteiger partial charge in [-0.3, -0.25) is 4.79 Å². The summed E-state index contributed by atoms with van der Waals surface area (Å²) in [6.45, 7) is -0.816. The van der Waals surface area contributed by atoms with Gasteiger partial charge < -0.3 is 26.2 Å². The third-order valence-corrected chi connectivity index (χ3v) is 3.51. The Labute approximate surface area is 134 Å². The molecule has 2 rings (SSSR count). The van der Waals surface area contributed by atoms with Crippen molar-refractivity contribution in [2.24, 2.45) is 5.73 Å². The molecule has 0 fully saturated rings. The van der Waals surface area contributed by atoms with Crippen molar-refractivity contribution in [2.45, 2.75) is 12.7 Å². The predicted molar refractivity (Wildman–Crippen MR) is 77.5 cm³/mol. The quantitative estimate of drug-likeness (QED) is 0.561. The van der Waals surface area contributed by atoms with Crippen LogP contribution in [0.5, 0.6) is 11.6 Å². The van der Waals surface area contributed by atoms with Crippen LogP contribution in [-0.2, 0) is 6.61 Å². The first kappa shape index (κ1) is 16.9. The molecule has 0 aliphatic carbocycles. The summed E-state index contributed by atoms with van der Waals surface area (Å²) >= 11 is 5.63. The standard InChI is InChI=1S/C14H12ClFN2O5/c15-7-3-5(1-2-8(7)16)11(20)9-6(4-19)12(21)10(13(17)22)18-14(9)23/h1-3,11,19-21H,4H2,(H2,17,22)(H,18,23). The van der Waals surface area contributed by atoms with Crippen molar-refractivity contribution in [3.05, 3.63) is 51.4 Å². The van der Waals surface area contributed by atoms with Crippen LogP contribution in [-0.4, -0.2) is 31.3 Å². The maximum absolute atomic E-state index is 13.2. The smallest absolute Gasteiger partial charge is 0.271 e. The molecule has 6 N–H and O–H groups in total. The highest BCUT2D eigenvalue weighted by atomic mass is 35.5. The number of nitrogens with zero attached hydrogens (tertiary/aromatic N) is 1. The molecule has 1 aromatic heterocycles. The summed E-state index contributed by atoms with van der Waals surface area (Å²) in [6.07, 6.45) is -1.59. The largest absolute Gasteiger partial charge is 0.505 e. The first-order chi connectivity index (χ1) is 10.8. The summed E-state index contributed by atoms with van der Waals surface area (Å²) in [5.41, 5.74) is 3.75. The van der Waals surface area contributed by atoms with Gasteiger partial charge in [0.1, 0.15) is 11.9 Å². The first-order valence-electron chi connectivity index (χ1n) is 6.26. The summed E-state index contributed by atoms with van der Waals surface area (Å²) in [6, 6.07) is 3.31. The minimum Gasteiger partial charge on any atom is -0.505 e. The van der Waals surface area contributed by atoms with E-state index in [1.807, 2.05) is 0 Å². The lowest BCUT2D eigenvalue weighted by molar-refractivity contribution is 0.0990.